The molecule has 0 radical (unpaired) electrons. The molecule has 4 nitrogen and oxygen atoms in total. The van der Waals surface area contributed by atoms with Crippen LogP contribution >= 0.6 is 0 Å². The molecular weight excluding hydrogens is 232 g/mol. The lowest BCUT2D eigenvalue weighted by Crippen LogP contribution is -2.14. The van der Waals surface area contributed by atoms with Crippen LogP contribution in [-0.4, -0.2) is 22.9 Å². The molecule has 1 atom stereocenters. The molecular formula is C11H9F2NO3. The van der Waals surface area contributed by atoms with Crippen LogP contribution in [0.15, 0.2) is 23.4 Å². The topological polar surface area (TPSA) is 58.9 Å². The minimum atomic E-state index is -1.01. The Hall–Kier alpha value is -1.98. The van der Waals surface area contributed by atoms with Crippen molar-refractivity contribution in [2.24, 2.45) is 5.16 Å². The van der Waals surface area contributed by atoms with Crippen molar-refractivity contribution < 1.29 is 23.5 Å². The first-order valence-electron chi connectivity index (χ1n) is 4.96. The van der Waals surface area contributed by atoms with Gasteiger partial charge in [0, 0.05) is 18.1 Å². The molecule has 1 N–H and O–H groups in total. The van der Waals surface area contributed by atoms with Gasteiger partial charge in [0.2, 0.25) is 0 Å². The second kappa shape index (κ2) is 4.48. The van der Waals surface area contributed by atoms with Gasteiger partial charge in [-0.15, -0.1) is 0 Å². The first-order valence-corrected chi connectivity index (χ1v) is 4.96. The molecule has 0 amide bonds. The van der Waals surface area contributed by atoms with Crippen LogP contribution in [0.3, 0.4) is 0 Å². The largest absolute Gasteiger partial charge is 0.481 e. The maximum atomic E-state index is 13.4. The molecule has 1 aliphatic heterocycles. The number of carboxylic acid groups (broad SMARTS) is 1. The quantitative estimate of drug-likeness (QED) is 0.879. The molecule has 0 spiro atoms. The van der Waals surface area contributed by atoms with E-state index in [9.17, 15) is 13.6 Å². The average molecular weight is 241 g/mol. The average Bonchev–Trinajstić information content (AvgIpc) is 2.65. The summed E-state index contributed by atoms with van der Waals surface area (Å²) in [4.78, 5) is 15.3. The predicted octanol–water partition coefficient (Wildman–Crippen LogP) is 1.93. The molecule has 1 aromatic carbocycles. The van der Waals surface area contributed by atoms with Gasteiger partial charge >= 0.3 is 5.97 Å². The number of aliphatic carboxylic acids is 1. The lowest BCUT2D eigenvalue weighted by Gasteiger charge is -2.03. The number of benzene rings is 1. The van der Waals surface area contributed by atoms with Crippen LogP contribution in [0.4, 0.5) is 8.78 Å². The highest BCUT2D eigenvalue weighted by Crippen LogP contribution is 2.21. The number of carbonyl (C=O) groups is 1. The van der Waals surface area contributed by atoms with Crippen LogP contribution in [0.2, 0.25) is 0 Å². The minimum Gasteiger partial charge on any atom is -0.481 e. The predicted molar refractivity (Wildman–Crippen MR) is 54.6 cm³/mol. The molecule has 0 fully saturated rings. The van der Waals surface area contributed by atoms with Crippen molar-refractivity contribution in [2.75, 3.05) is 0 Å². The Labute approximate surface area is 95.5 Å². The fraction of sp³-hybridized carbons (Fsp3) is 0.273. The van der Waals surface area contributed by atoms with E-state index < -0.39 is 23.7 Å². The van der Waals surface area contributed by atoms with Gasteiger partial charge in [0.15, 0.2) is 0 Å². The van der Waals surface area contributed by atoms with Gasteiger partial charge in [-0.1, -0.05) is 5.16 Å². The number of carboxylic acids is 1. The summed E-state index contributed by atoms with van der Waals surface area (Å²) < 4.78 is 26.1. The molecule has 17 heavy (non-hydrogen) atoms. The van der Waals surface area contributed by atoms with Gasteiger partial charge in [-0.25, -0.2) is 8.78 Å². The highest BCUT2D eigenvalue weighted by molar-refractivity contribution is 6.01. The molecule has 0 saturated carbocycles. The van der Waals surface area contributed by atoms with Crippen molar-refractivity contribution in [1.29, 1.82) is 0 Å². The van der Waals surface area contributed by atoms with Crippen molar-refractivity contribution >= 4 is 11.7 Å². The molecule has 0 aliphatic carbocycles. The first kappa shape index (κ1) is 11.5. The molecule has 6 heteroatoms. The maximum absolute atomic E-state index is 13.4. The molecule has 0 bridgehead atoms. The third-order valence-electron chi connectivity index (χ3n) is 2.38. The Morgan fingerprint density at radius 1 is 1.53 bits per heavy atom. The molecule has 1 unspecified atom stereocenters. The van der Waals surface area contributed by atoms with Crippen LogP contribution in [0.5, 0.6) is 0 Å². The highest BCUT2D eigenvalue weighted by Gasteiger charge is 2.26. The molecule has 2 rings (SSSR count). The maximum Gasteiger partial charge on any atom is 0.307 e. The molecule has 90 valence electrons. The fourth-order valence-corrected chi connectivity index (χ4v) is 1.62. The lowest BCUT2D eigenvalue weighted by molar-refractivity contribution is -0.139. The summed E-state index contributed by atoms with van der Waals surface area (Å²) >= 11 is 0. The summed E-state index contributed by atoms with van der Waals surface area (Å²) in [6.45, 7) is 0. The zero-order chi connectivity index (χ0) is 12.4. The van der Waals surface area contributed by atoms with E-state index in [-0.39, 0.29) is 18.4 Å². The Balaban J connectivity index is 2.12. The summed E-state index contributed by atoms with van der Waals surface area (Å²) in [7, 11) is 0. The van der Waals surface area contributed by atoms with Crippen LogP contribution in [0, 0.1) is 11.6 Å². The summed E-state index contributed by atoms with van der Waals surface area (Å²) in [6, 6.07) is 3.13. The molecule has 1 aliphatic rings. The third kappa shape index (κ3) is 2.58. The Bertz CT molecular complexity index is 488. The standard InChI is InChI=1S/C11H9F2NO3/c12-6-1-2-8(9(13)3-6)10-4-7(17-14-10)5-11(15)16/h1-3,7H,4-5H2,(H,15,16). The summed E-state index contributed by atoms with van der Waals surface area (Å²) in [6.07, 6.45) is -0.586. The molecule has 1 heterocycles. The van der Waals surface area contributed by atoms with Crippen molar-refractivity contribution in [1.82, 2.24) is 0 Å². The number of halogens is 2. The van der Waals surface area contributed by atoms with Gasteiger partial charge in [-0.3, -0.25) is 4.79 Å². The van der Waals surface area contributed by atoms with Gasteiger partial charge < -0.3 is 9.94 Å². The van der Waals surface area contributed by atoms with E-state index in [1.807, 2.05) is 0 Å². The SMILES string of the molecule is O=C(O)CC1CC(c2ccc(F)cc2F)=NO1. The second-order valence-corrected chi connectivity index (χ2v) is 3.69. The van der Waals surface area contributed by atoms with Gasteiger partial charge in [0.1, 0.15) is 17.7 Å². The molecule has 0 saturated heterocycles. The molecule has 1 aromatic rings. The number of hydrogen-bond donors (Lipinski definition) is 1. The Kier molecular flexibility index (Phi) is 3.03. The highest BCUT2D eigenvalue weighted by atomic mass is 19.1. The van der Waals surface area contributed by atoms with Crippen LogP contribution in [0.1, 0.15) is 18.4 Å². The number of nitrogens with zero attached hydrogens (tertiary/aromatic N) is 1. The fourth-order valence-electron chi connectivity index (χ4n) is 1.62. The van der Waals surface area contributed by atoms with Crippen LogP contribution in [-0.2, 0) is 9.63 Å². The zero-order valence-corrected chi connectivity index (χ0v) is 8.69. The monoisotopic (exact) mass is 241 g/mol. The van der Waals surface area contributed by atoms with Crippen molar-refractivity contribution in [3.8, 4) is 0 Å². The summed E-state index contributed by atoms with van der Waals surface area (Å²) in [5.74, 6) is -2.41. The number of oxime groups is 1. The van der Waals surface area contributed by atoms with E-state index in [0.717, 1.165) is 12.1 Å². The molecule has 0 aromatic heterocycles. The van der Waals surface area contributed by atoms with E-state index in [4.69, 9.17) is 9.94 Å². The van der Waals surface area contributed by atoms with Crippen LogP contribution in [0.25, 0.3) is 0 Å². The van der Waals surface area contributed by atoms with Gasteiger partial charge in [-0.2, -0.15) is 0 Å². The van der Waals surface area contributed by atoms with E-state index in [1.54, 1.807) is 0 Å². The van der Waals surface area contributed by atoms with E-state index >= 15 is 0 Å². The van der Waals surface area contributed by atoms with E-state index in [0.29, 0.717) is 5.71 Å². The van der Waals surface area contributed by atoms with Gasteiger partial charge in [0.05, 0.1) is 12.1 Å². The van der Waals surface area contributed by atoms with Gasteiger partial charge in [0.25, 0.3) is 0 Å². The summed E-state index contributed by atoms with van der Waals surface area (Å²) in [5, 5.41) is 12.2. The lowest BCUT2D eigenvalue weighted by atomic mass is 10.0. The van der Waals surface area contributed by atoms with Crippen LogP contribution < -0.4 is 0 Å². The second-order valence-electron chi connectivity index (χ2n) is 3.69. The van der Waals surface area contributed by atoms with Gasteiger partial charge in [-0.05, 0) is 12.1 Å². The normalized spacial score (nSPS) is 18.7. The van der Waals surface area contributed by atoms with Crippen molar-refractivity contribution in [2.45, 2.75) is 18.9 Å². The van der Waals surface area contributed by atoms with E-state index in [1.165, 1.54) is 6.07 Å². The first-order chi connectivity index (χ1) is 8.06. The summed E-state index contributed by atoms with van der Waals surface area (Å²) in [5.41, 5.74) is 0.438. The zero-order valence-electron chi connectivity index (χ0n) is 8.69. The number of hydrogen-bond acceptors (Lipinski definition) is 3. The Morgan fingerprint density at radius 3 is 2.94 bits per heavy atom. The minimum absolute atomic E-state index is 0.138. The van der Waals surface area contributed by atoms with Crippen molar-refractivity contribution in [3.63, 3.8) is 0 Å². The third-order valence-corrected chi connectivity index (χ3v) is 2.38. The smallest absolute Gasteiger partial charge is 0.307 e. The number of rotatable bonds is 3. The van der Waals surface area contributed by atoms with E-state index in [2.05, 4.69) is 5.16 Å². The van der Waals surface area contributed by atoms with Crippen molar-refractivity contribution in [3.05, 3.63) is 35.4 Å². The Morgan fingerprint density at radius 2 is 2.29 bits per heavy atom.